The number of nitro benzene ring substituents is 1. The summed E-state index contributed by atoms with van der Waals surface area (Å²) in [6, 6.07) is 7.31. The van der Waals surface area contributed by atoms with Gasteiger partial charge >= 0.3 is 6.09 Å². The van der Waals surface area contributed by atoms with Crippen molar-refractivity contribution in [3.63, 3.8) is 0 Å². The highest BCUT2D eigenvalue weighted by atomic mass is 16.6. The van der Waals surface area contributed by atoms with E-state index in [-0.39, 0.29) is 30.0 Å². The second-order valence-electron chi connectivity index (χ2n) is 6.28. The fraction of sp³-hybridized carbons (Fsp3) is 0.353. The zero-order valence-electron chi connectivity index (χ0n) is 15.2. The molecule has 0 saturated heterocycles. The number of hydrogen-bond donors (Lipinski definition) is 3. The van der Waals surface area contributed by atoms with E-state index >= 15 is 0 Å². The highest BCUT2D eigenvalue weighted by Crippen LogP contribution is 2.23. The molecule has 1 aromatic rings. The summed E-state index contributed by atoms with van der Waals surface area (Å²) in [5.74, 6) is -0.792. The van der Waals surface area contributed by atoms with Gasteiger partial charge in [-0.15, -0.1) is 0 Å². The third-order valence-electron chi connectivity index (χ3n) is 2.90. The van der Waals surface area contributed by atoms with Crippen molar-refractivity contribution in [2.24, 2.45) is 0 Å². The van der Waals surface area contributed by atoms with Crippen LogP contribution in [0.3, 0.4) is 0 Å². The van der Waals surface area contributed by atoms with Crippen LogP contribution in [-0.2, 0) is 9.53 Å². The van der Waals surface area contributed by atoms with Crippen LogP contribution in [-0.4, -0.2) is 35.6 Å². The van der Waals surface area contributed by atoms with E-state index in [1.54, 1.807) is 26.8 Å². The molecule has 27 heavy (non-hydrogen) atoms. The fourth-order valence-electron chi connectivity index (χ4n) is 1.80. The van der Waals surface area contributed by atoms with Crippen molar-refractivity contribution in [2.75, 3.05) is 18.4 Å². The number of anilines is 1. The highest BCUT2D eigenvalue weighted by Gasteiger charge is 2.17. The summed E-state index contributed by atoms with van der Waals surface area (Å²) in [4.78, 5) is 33.9. The number of nitriles is 1. The molecule has 10 nitrogen and oxygen atoms in total. The fourth-order valence-corrected chi connectivity index (χ4v) is 1.80. The largest absolute Gasteiger partial charge is 0.444 e. The predicted molar refractivity (Wildman–Crippen MR) is 97.7 cm³/mol. The van der Waals surface area contributed by atoms with Crippen LogP contribution in [0.4, 0.5) is 16.2 Å². The van der Waals surface area contributed by atoms with Gasteiger partial charge in [0.2, 0.25) is 0 Å². The smallest absolute Gasteiger partial charge is 0.407 e. The molecule has 0 aliphatic heterocycles. The van der Waals surface area contributed by atoms with Gasteiger partial charge in [0.05, 0.1) is 4.92 Å². The minimum atomic E-state index is -0.792. The number of hydrogen-bond acceptors (Lipinski definition) is 7. The molecule has 0 aliphatic rings. The molecule has 0 radical (unpaired) electrons. The summed E-state index contributed by atoms with van der Waals surface area (Å²) in [5, 5.41) is 27.6. The summed E-state index contributed by atoms with van der Waals surface area (Å²) in [7, 11) is 0. The molecular weight excluding hydrogens is 354 g/mol. The molecule has 0 aliphatic carbocycles. The Morgan fingerprint density at radius 1 is 1.30 bits per heavy atom. The van der Waals surface area contributed by atoms with Gasteiger partial charge in [0.15, 0.2) is 0 Å². The normalized spacial score (nSPS) is 11.1. The molecule has 0 unspecified atom stereocenters. The molecule has 2 amide bonds. The van der Waals surface area contributed by atoms with Crippen LogP contribution in [0, 0.1) is 21.4 Å². The van der Waals surface area contributed by atoms with E-state index in [4.69, 9.17) is 10.00 Å². The molecule has 10 heteroatoms. The van der Waals surface area contributed by atoms with Gasteiger partial charge in [0.25, 0.3) is 11.6 Å². The van der Waals surface area contributed by atoms with Gasteiger partial charge in [-0.2, -0.15) is 5.26 Å². The molecular formula is C17H21N5O5. The molecule has 0 atom stereocenters. The lowest BCUT2D eigenvalue weighted by Gasteiger charge is -2.19. The molecule has 0 heterocycles. The zero-order chi connectivity index (χ0) is 20.4. The van der Waals surface area contributed by atoms with Crippen LogP contribution in [0.5, 0.6) is 0 Å². The second kappa shape index (κ2) is 9.76. The number of nitrogens with zero attached hydrogens (tertiary/aromatic N) is 2. The van der Waals surface area contributed by atoms with Gasteiger partial charge in [-0.05, 0) is 26.8 Å². The lowest BCUT2D eigenvalue weighted by Crippen LogP contribution is -2.35. The van der Waals surface area contributed by atoms with Crippen molar-refractivity contribution < 1.29 is 19.2 Å². The number of benzene rings is 1. The highest BCUT2D eigenvalue weighted by molar-refractivity contribution is 6.07. The maximum Gasteiger partial charge on any atom is 0.407 e. The number of nitrogens with one attached hydrogen (secondary N) is 3. The summed E-state index contributed by atoms with van der Waals surface area (Å²) < 4.78 is 5.06. The molecule has 0 bridgehead atoms. The minimum absolute atomic E-state index is 0.0137. The van der Waals surface area contributed by atoms with E-state index in [1.807, 2.05) is 0 Å². The lowest BCUT2D eigenvalue weighted by molar-refractivity contribution is -0.383. The van der Waals surface area contributed by atoms with Crippen LogP contribution in [0.25, 0.3) is 0 Å². The van der Waals surface area contributed by atoms with Crippen molar-refractivity contribution >= 4 is 23.4 Å². The second-order valence-corrected chi connectivity index (χ2v) is 6.28. The molecule has 1 aromatic carbocycles. The monoisotopic (exact) mass is 375 g/mol. The number of alkyl carbamates (subject to hydrolysis) is 1. The number of carbonyl (C=O) groups is 2. The molecule has 3 N–H and O–H groups in total. The molecule has 1 rings (SSSR count). The number of amides is 2. The van der Waals surface area contributed by atoms with Crippen molar-refractivity contribution in [2.45, 2.75) is 26.4 Å². The van der Waals surface area contributed by atoms with Crippen molar-refractivity contribution in [3.8, 4) is 6.07 Å². The Morgan fingerprint density at radius 3 is 2.56 bits per heavy atom. The minimum Gasteiger partial charge on any atom is -0.444 e. The molecule has 0 spiro atoms. The number of carbonyl (C=O) groups excluding carboxylic acids is 2. The maximum atomic E-state index is 12.1. The van der Waals surface area contributed by atoms with E-state index in [2.05, 4.69) is 16.0 Å². The van der Waals surface area contributed by atoms with Crippen molar-refractivity contribution in [3.05, 3.63) is 46.2 Å². The molecule has 0 aromatic heterocycles. The Kier molecular flexibility index (Phi) is 7.75. The first-order chi connectivity index (χ1) is 12.6. The van der Waals surface area contributed by atoms with Crippen LogP contribution in [0.15, 0.2) is 36.0 Å². The molecule has 0 fully saturated rings. The number of rotatable bonds is 7. The third-order valence-corrected chi connectivity index (χ3v) is 2.90. The zero-order valence-corrected chi connectivity index (χ0v) is 15.2. The van der Waals surface area contributed by atoms with Gasteiger partial charge in [0.1, 0.15) is 22.9 Å². The Labute approximate surface area is 156 Å². The Hall–Kier alpha value is -3.61. The van der Waals surface area contributed by atoms with Crippen LogP contribution in [0.2, 0.25) is 0 Å². The molecule has 144 valence electrons. The van der Waals surface area contributed by atoms with Crippen molar-refractivity contribution in [1.82, 2.24) is 10.6 Å². The Balaban J connectivity index is 2.56. The number of ether oxygens (including phenoxy) is 1. The lowest BCUT2D eigenvalue weighted by atomic mass is 10.2. The van der Waals surface area contributed by atoms with Crippen molar-refractivity contribution in [1.29, 1.82) is 5.26 Å². The average Bonchev–Trinajstić information content (AvgIpc) is 2.56. The average molecular weight is 375 g/mol. The first-order valence-electron chi connectivity index (χ1n) is 7.99. The van der Waals surface area contributed by atoms with E-state index in [0.717, 1.165) is 0 Å². The van der Waals surface area contributed by atoms with Gasteiger partial charge in [-0.25, -0.2) is 4.79 Å². The van der Waals surface area contributed by atoms with E-state index in [9.17, 15) is 19.7 Å². The number of para-hydroxylation sites is 2. The topological polar surface area (TPSA) is 146 Å². The van der Waals surface area contributed by atoms with E-state index in [1.165, 1.54) is 30.5 Å². The Bertz CT molecular complexity index is 777. The summed E-state index contributed by atoms with van der Waals surface area (Å²) in [5.41, 5.74) is -1.17. The van der Waals surface area contributed by atoms with Gasteiger partial charge in [-0.3, -0.25) is 14.9 Å². The van der Waals surface area contributed by atoms with Crippen LogP contribution < -0.4 is 16.0 Å². The number of nitro groups is 1. The summed E-state index contributed by atoms with van der Waals surface area (Å²) in [6.07, 6.45) is 0.587. The third kappa shape index (κ3) is 7.87. The first-order valence-corrected chi connectivity index (χ1v) is 7.99. The quantitative estimate of drug-likeness (QED) is 0.217. The van der Waals surface area contributed by atoms with E-state index in [0.29, 0.717) is 0 Å². The summed E-state index contributed by atoms with van der Waals surface area (Å²) in [6.45, 7) is 5.66. The van der Waals surface area contributed by atoms with Gasteiger partial charge < -0.3 is 20.7 Å². The summed E-state index contributed by atoms with van der Waals surface area (Å²) >= 11 is 0. The van der Waals surface area contributed by atoms with Gasteiger partial charge in [-0.1, -0.05) is 12.1 Å². The molecule has 0 saturated carbocycles. The maximum absolute atomic E-state index is 12.1. The predicted octanol–water partition coefficient (Wildman–Crippen LogP) is 2.06. The standard InChI is InChI=1S/C17H21N5O5/c1-17(2,3)27-16(24)20-9-8-19-11-12(10-18)15(23)21-13-6-4-5-7-14(13)22(25)26/h4-7,11,19H,8-9H2,1-3H3,(H,20,24)(H,21,23)/b12-11-. The van der Waals surface area contributed by atoms with Gasteiger partial charge in [0, 0.05) is 25.4 Å². The SMILES string of the molecule is CC(C)(C)OC(=O)NCCN/C=C(/C#N)C(=O)Nc1ccccc1[N+](=O)[O-]. The van der Waals surface area contributed by atoms with Crippen LogP contribution in [0.1, 0.15) is 20.8 Å². The first kappa shape index (κ1) is 21.4. The van der Waals surface area contributed by atoms with Crippen LogP contribution >= 0.6 is 0 Å². The van der Waals surface area contributed by atoms with E-state index < -0.39 is 22.5 Å². The Morgan fingerprint density at radius 2 is 1.96 bits per heavy atom.